The van der Waals surface area contributed by atoms with Gasteiger partial charge < -0.3 is 4.74 Å². The number of aromatic nitrogens is 1. The largest absolute Gasteiger partial charge is 0.368 e. The average Bonchev–Trinajstić information content (AvgIpc) is 2.04. The summed E-state index contributed by atoms with van der Waals surface area (Å²) in [5.74, 6) is -0.0729. The Morgan fingerprint density at radius 2 is 2.33 bits per heavy atom. The van der Waals surface area contributed by atoms with E-state index in [1.807, 2.05) is 0 Å². The number of nitrogens with zero attached hydrogens (tertiary/aromatic N) is 1. The Morgan fingerprint density at radius 1 is 1.50 bits per heavy atom. The molecule has 2 rings (SSSR count). The maximum absolute atomic E-state index is 11.2. The van der Waals surface area contributed by atoms with Crippen LogP contribution in [0.5, 0.6) is 0 Å². The van der Waals surface area contributed by atoms with Crippen LogP contribution in [-0.2, 0) is 11.3 Å². The van der Waals surface area contributed by atoms with Gasteiger partial charge in [-0.2, -0.15) is 0 Å². The molecule has 0 spiro atoms. The molecule has 0 aromatic carbocycles. The third-order valence-electron chi connectivity index (χ3n) is 1.74. The lowest BCUT2D eigenvalue weighted by atomic mass is 9.95. The molecular weight excluding hydrogens is 153 g/mol. The molecule has 12 heavy (non-hydrogen) atoms. The van der Waals surface area contributed by atoms with Gasteiger partial charge in [0, 0.05) is 11.8 Å². The van der Waals surface area contributed by atoms with Crippen molar-refractivity contribution in [2.24, 2.45) is 0 Å². The lowest BCUT2D eigenvalue weighted by Crippen LogP contribution is -2.22. The molecule has 1 aromatic heterocycles. The molecule has 0 aliphatic carbocycles. The summed E-state index contributed by atoms with van der Waals surface area (Å²) in [6.07, 6.45) is 1.49. The van der Waals surface area contributed by atoms with Gasteiger partial charge in [0.25, 0.3) is 0 Å². The van der Waals surface area contributed by atoms with Gasteiger partial charge >= 0.3 is 0 Å². The van der Waals surface area contributed by atoms with Crippen molar-refractivity contribution < 1.29 is 9.53 Å². The lowest BCUT2D eigenvalue weighted by molar-refractivity contribution is 0.0657. The van der Waals surface area contributed by atoms with E-state index in [4.69, 9.17) is 12.6 Å². The molecule has 1 aromatic rings. The van der Waals surface area contributed by atoms with Crippen molar-refractivity contribution >= 4 is 19.1 Å². The number of rotatable bonds is 0. The highest BCUT2D eigenvalue weighted by atomic mass is 16.5. The van der Waals surface area contributed by atoms with Crippen LogP contribution in [-0.4, -0.2) is 25.2 Å². The van der Waals surface area contributed by atoms with Crippen LogP contribution in [0, 0.1) is 0 Å². The van der Waals surface area contributed by atoms with E-state index < -0.39 is 0 Å². The number of carbonyl (C=O) groups excluding carboxylic acids is 1. The highest BCUT2D eigenvalue weighted by Crippen LogP contribution is 2.11. The fourth-order valence-corrected chi connectivity index (χ4v) is 1.21. The number of hydrogen-bond acceptors (Lipinski definition) is 3. The Balaban J connectivity index is 2.53. The number of ketones is 1. The van der Waals surface area contributed by atoms with Gasteiger partial charge in [-0.15, -0.1) is 0 Å². The van der Waals surface area contributed by atoms with Crippen LogP contribution in [0.2, 0.25) is 0 Å². The highest BCUT2D eigenvalue weighted by molar-refractivity contribution is 6.32. The van der Waals surface area contributed by atoms with Crippen LogP contribution in [0.4, 0.5) is 0 Å². The summed E-state index contributed by atoms with van der Waals surface area (Å²) in [7, 11) is 5.50. The number of fused-ring (bicyclic) bond motifs is 1. The Hall–Kier alpha value is -1.16. The normalized spacial score (nSPS) is 15.8. The molecule has 2 radical (unpaired) electrons. The molecule has 0 amide bonds. The van der Waals surface area contributed by atoms with Crippen molar-refractivity contribution in [2.45, 2.75) is 6.61 Å². The summed E-state index contributed by atoms with van der Waals surface area (Å²) in [5, 5.41) is 0. The van der Waals surface area contributed by atoms with E-state index in [2.05, 4.69) is 4.98 Å². The monoisotopic (exact) mass is 159 g/mol. The van der Waals surface area contributed by atoms with E-state index >= 15 is 0 Å². The number of pyridine rings is 1. The molecular formula is C8H6BNO2. The summed E-state index contributed by atoms with van der Waals surface area (Å²) in [4.78, 5) is 15.1. The van der Waals surface area contributed by atoms with Gasteiger partial charge in [0.1, 0.15) is 20.1 Å². The maximum Gasteiger partial charge on any atom is 0.207 e. The van der Waals surface area contributed by atoms with E-state index in [0.29, 0.717) is 17.8 Å². The van der Waals surface area contributed by atoms with E-state index in [9.17, 15) is 4.79 Å². The molecule has 0 bridgehead atoms. The summed E-state index contributed by atoms with van der Waals surface area (Å²) in [5.41, 5.74) is 1.84. The number of ether oxygens (including phenoxy) is 1. The molecule has 1 aliphatic heterocycles. The third kappa shape index (κ3) is 1.14. The van der Waals surface area contributed by atoms with E-state index in [1.54, 1.807) is 6.07 Å². The van der Waals surface area contributed by atoms with Crippen LogP contribution < -0.4 is 5.46 Å². The molecule has 1 aliphatic rings. The van der Waals surface area contributed by atoms with Gasteiger partial charge in [-0.3, -0.25) is 9.78 Å². The van der Waals surface area contributed by atoms with Gasteiger partial charge in [0.05, 0.1) is 6.61 Å². The van der Waals surface area contributed by atoms with E-state index in [1.165, 1.54) is 6.20 Å². The zero-order chi connectivity index (χ0) is 8.55. The number of hydrogen-bond donors (Lipinski definition) is 0. The standard InChI is InChI=1S/C8H6BNO2/c9-6-1-5-3-12-4-7(11)8(5)10-2-6/h1-2H,3-4H2. The van der Waals surface area contributed by atoms with E-state index in [0.717, 1.165) is 5.56 Å². The topological polar surface area (TPSA) is 39.2 Å². The molecule has 3 nitrogen and oxygen atoms in total. The van der Waals surface area contributed by atoms with Crippen molar-refractivity contribution in [3.05, 3.63) is 23.5 Å². The summed E-state index contributed by atoms with van der Waals surface area (Å²) >= 11 is 0. The lowest BCUT2D eigenvalue weighted by Gasteiger charge is -2.14. The smallest absolute Gasteiger partial charge is 0.207 e. The van der Waals surface area contributed by atoms with Crippen molar-refractivity contribution in [3.8, 4) is 0 Å². The van der Waals surface area contributed by atoms with Gasteiger partial charge in [-0.05, 0) is 0 Å². The first kappa shape index (κ1) is 7.49. The summed E-state index contributed by atoms with van der Waals surface area (Å²) < 4.78 is 5.02. The quantitative estimate of drug-likeness (QED) is 0.483. The fraction of sp³-hybridized carbons (Fsp3) is 0.250. The van der Waals surface area contributed by atoms with Crippen LogP contribution >= 0.6 is 0 Å². The molecule has 0 unspecified atom stereocenters. The Bertz CT molecular complexity index is 338. The number of Topliss-reactive ketones (excluding diaryl/α,β-unsaturated/α-hetero) is 1. The van der Waals surface area contributed by atoms with Crippen LogP contribution in [0.15, 0.2) is 12.3 Å². The van der Waals surface area contributed by atoms with Gasteiger partial charge in [0.2, 0.25) is 5.78 Å². The second-order valence-electron chi connectivity index (χ2n) is 2.69. The number of carbonyl (C=O) groups is 1. The summed E-state index contributed by atoms with van der Waals surface area (Å²) in [6.45, 7) is 0.559. The molecule has 58 valence electrons. The van der Waals surface area contributed by atoms with Gasteiger partial charge in [-0.25, -0.2) is 0 Å². The van der Waals surface area contributed by atoms with Crippen molar-refractivity contribution in [3.63, 3.8) is 0 Å². The first-order chi connectivity index (χ1) is 5.77. The average molecular weight is 159 g/mol. The second kappa shape index (κ2) is 2.71. The van der Waals surface area contributed by atoms with Gasteiger partial charge in [-0.1, -0.05) is 11.5 Å². The summed E-state index contributed by atoms with van der Waals surface area (Å²) in [6, 6.07) is 1.72. The second-order valence-corrected chi connectivity index (χ2v) is 2.69. The SMILES string of the molecule is [B]c1cnc2c(c1)COCC2=O. The Kier molecular flexibility index (Phi) is 1.69. The Morgan fingerprint density at radius 3 is 3.17 bits per heavy atom. The van der Waals surface area contributed by atoms with Gasteiger partial charge in [0.15, 0.2) is 0 Å². The molecule has 4 heteroatoms. The van der Waals surface area contributed by atoms with Crippen LogP contribution in [0.3, 0.4) is 0 Å². The van der Waals surface area contributed by atoms with Crippen molar-refractivity contribution in [1.29, 1.82) is 0 Å². The zero-order valence-electron chi connectivity index (χ0n) is 6.41. The Labute approximate surface area is 71.2 Å². The zero-order valence-corrected chi connectivity index (χ0v) is 6.41. The molecule has 2 heterocycles. The predicted octanol–water partition coefficient (Wildman–Crippen LogP) is -0.412. The molecule has 0 atom stereocenters. The minimum absolute atomic E-state index is 0.0729. The van der Waals surface area contributed by atoms with Crippen molar-refractivity contribution in [2.75, 3.05) is 6.61 Å². The first-order valence-electron chi connectivity index (χ1n) is 3.63. The minimum atomic E-state index is -0.0729. The van der Waals surface area contributed by atoms with E-state index in [-0.39, 0.29) is 12.4 Å². The molecule has 0 saturated carbocycles. The van der Waals surface area contributed by atoms with Crippen LogP contribution in [0.25, 0.3) is 0 Å². The predicted molar refractivity (Wildman–Crippen MR) is 43.6 cm³/mol. The third-order valence-corrected chi connectivity index (χ3v) is 1.74. The highest BCUT2D eigenvalue weighted by Gasteiger charge is 2.18. The first-order valence-corrected chi connectivity index (χ1v) is 3.63. The maximum atomic E-state index is 11.2. The molecule has 0 fully saturated rings. The van der Waals surface area contributed by atoms with Crippen molar-refractivity contribution in [1.82, 2.24) is 4.98 Å². The molecule has 0 N–H and O–H groups in total. The molecule has 0 saturated heterocycles. The van der Waals surface area contributed by atoms with Crippen LogP contribution in [0.1, 0.15) is 16.1 Å². The fourth-order valence-electron chi connectivity index (χ4n) is 1.21. The minimum Gasteiger partial charge on any atom is -0.368 e.